The summed E-state index contributed by atoms with van der Waals surface area (Å²) in [6, 6.07) is 5.21. The summed E-state index contributed by atoms with van der Waals surface area (Å²) in [5.41, 5.74) is 7.49. The molecule has 6 heteroatoms. The lowest BCUT2D eigenvalue weighted by molar-refractivity contribution is -0.126. The van der Waals surface area contributed by atoms with Gasteiger partial charge in [-0.05, 0) is 31.5 Å². The molecule has 0 bridgehead atoms. The number of benzene rings is 1. The zero-order valence-electron chi connectivity index (χ0n) is 12.2. The lowest BCUT2D eigenvalue weighted by atomic mass is 10.1. The molecule has 0 spiro atoms. The van der Waals surface area contributed by atoms with E-state index in [2.05, 4.69) is 17.2 Å². The second-order valence-corrected chi connectivity index (χ2v) is 4.90. The second-order valence-electron chi connectivity index (χ2n) is 4.90. The number of hydrogen-bond acceptors (Lipinski definition) is 4. The van der Waals surface area contributed by atoms with Crippen molar-refractivity contribution in [3.63, 3.8) is 0 Å². The molecule has 1 rings (SSSR count). The first-order valence-corrected chi connectivity index (χ1v) is 6.57. The average molecular weight is 291 g/mol. The first kappa shape index (κ1) is 16.9. The van der Waals surface area contributed by atoms with Crippen LogP contribution in [0.3, 0.4) is 0 Å². The Morgan fingerprint density at radius 2 is 1.86 bits per heavy atom. The predicted octanol–water partition coefficient (Wildman–Crippen LogP) is 0.526. The Balaban J connectivity index is 2.57. The van der Waals surface area contributed by atoms with Crippen LogP contribution >= 0.6 is 0 Å². The number of hydrogen-bond donors (Lipinski definition) is 4. The van der Waals surface area contributed by atoms with Crippen molar-refractivity contribution in [2.45, 2.75) is 32.5 Å². The standard InChI is InChI=1S/C15H21N3O3/c1-9(2)13(16)15(21)17-10(3)14(20)18-12-6-4-11(8-19)5-7-12/h4-7,10,13,19H,1,8,16H2,2-3H3,(H,17,21)(H,18,20)/t10-,13-/m0/s1. The minimum Gasteiger partial charge on any atom is -0.392 e. The SMILES string of the molecule is C=C(C)[C@H](N)C(=O)N[C@@H](C)C(=O)Nc1ccc(CO)cc1. The van der Waals surface area contributed by atoms with Crippen LogP contribution in [0.4, 0.5) is 5.69 Å². The molecule has 1 aromatic rings. The van der Waals surface area contributed by atoms with Crippen LogP contribution in [0.25, 0.3) is 0 Å². The number of aliphatic hydroxyl groups excluding tert-OH is 1. The zero-order valence-corrected chi connectivity index (χ0v) is 12.2. The summed E-state index contributed by atoms with van der Waals surface area (Å²) in [7, 11) is 0. The summed E-state index contributed by atoms with van der Waals surface area (Å²) in [5.74, 6) is -0.796. The largest absolute Gasteiger partial charge is 0.392 e. The van der Waals surface area contributed by atoms with Crippen molar-refractivity contribution in [2.75, 3.05) is 5.32 Å². The molecule has 0 aliphatic rings. The van der Waals surface area contributed by atoms with Gasteiger partial charge in [-0.15, -0.1) is 0 Å². The molecule has 2 amide bonds. The van der Waals surface area contributed by atoms with Gasteiger partial charge in [0.1, 0.15) is 12.1 Å². The van der Waals surface area contributed by atoms with Crippen LogP contribution in [0.2, 0.25) is 0 Å². The van der Waals surface area contributed by atoms with Gasteiger partial charge >= 0.3 is 0 Å². The summed E-state index contributed by atoms with van der Waals surface area (Å²) in [5, 5.41) is 14.1. The Hall–Kier alpha value is -2.18. The molecule has 6 nitrogen and oxygen atoms in total. The summed E-state index contributed by atoms with van der Waals surface area (Å²) >= 11 is 0. The smallest absolute Gasteiger partial charge is 0.246 e. The Morgan fingerprint density at radius 1 is 1.29 bits per heavy atom. The van der Waals surface area contributed by atoms with E-state index < -0.39 is 18.0 Å². The van der Waals surface area contributed by atoms with Crippen molar-refractivity contribution in [1.82, 2.24) is 5.32 Å². The molecule has 0 saturated carbocycles. The quantitative estimate of drug-likeness (QED) is 0.574. The highest BCUT2D eigenvalue weighted by Crippen LogP contribution is 2.09. The maximum Gasteiger partial charge on any atom is 0.246 e. The number of nitrogens with one attached hydrogen (secondary N) is 2. The molecule has 114 valence electrons. The van der Waals surface area contributed by atoms with E-state index in [4.69, 9.17) is 10.8 Å². The number of aliphatic hydroxyl groups is 1. The van der Waals surface area contributed by atoms with E-state index >= 15 is 0 Å². The maximum atomic E-state index is 12.0. The number of amides is 2. The van der Waals surface area contributed by atoms with Gasteiger partial charge in [-0.3, -0.25) is 9.59 Å². The van der Waals surface area contributed by atoms with Crippen molar-refractivity contribution in [3.8, 4) is 0 Å². The molecule has 0 unspecified atom stereocenters. The van der Waals surface area contributed by atoms with Gasteiger partial charge in [0, 0.05) is 5.69 Å². The normalized spacial score (nSPS) is 13.1. The first-order chi connectivity index (χ1) is 9.85. The Kier molecular flexibility index (Phi) is 6.08. The topological polar surface area (TPSA) is 104 Å². The van der Waals surface area contributed by atoms with Crippen LogP contribution in [0.15, 0.2) is 36.4 Å². The molecule has 0 saturated heterocycles. The van der Waals surface area contributed by atoms with Gasteiger partial charge in [0.05, 0.1) is 6.61 Å². The van der Waals surface area contributed by atoms with Crippen LogP contribution in [0.5, 0.6) is 0 Å². The number of carbonyl (C=O) groups is 2. The minimum atomic E-state index is -0.830. The van der Waals surface area contributed by atoms with E-state index in [0.29, 0.717) is 11.3 Å². The van der Waals surface area contributed by atoms with Crippen molar-refractivity contribution >= 4 is 17.5 Å². The monoisotopic (exact) mass is 291 g/mol. The fourth-order valence-corrected chi connectivity index (χ4v) is 1.54. The fraction of sp³-hybridized carbons (Fsp3) is 0.333. The molecule has 0 fully saturated rings. The summed E-state index contributed by atoms with van der Waals surface area (Å²) in [6.07, 6.45) is 0. The van der Waals surface area contributed by atoms with E-state index in [1.54, 1.807) is 38.1 Å². The summed E-state index contributed by atoms with van der Waals surface area (Å²) < 4.78 is 0. The number of carbonyl (C=O) groups excluding carboxylic acids is 2. The number of rotatable bonds is 6. The molecule has 1 aromatic carbocycles. The van der Waals surface area contributed by atoms with Gasteiger partial charge in [-0.1, -0.05) is 24.3 Å². The molecule has 0 aliphatic heterocycles. The molecular formula is C15H21N3O3. The highest BCUT2D eigenvalue weighted by Gasteiger charge is 2.20. The predicted molar refractivity (Wildman–Crippen MR) is 81.4 cm³/mol. The van der Waals surface area contributed by atoms with E-state index in [9.17, 15) is 9.59 Å². The van der Waals surface area contributed by atoms with Gasteiger partial charge in [-0.2, -0.15) is 0 Å². The highest BCUT2D eigenvalue weighted by atomic mass is 16.3. The van der Waals surface area contributed by atoms with Crippen molar-refractivity contribution in [3.05, 3.63) is 42.0 Å². The van der Waals surface area contributed by atoms with Crippen LogP contribution in [0, 0.1) is 0 Å². The summed E-state index contributed by atoms with van der Waals surface area (Å²) in [4.78, 5) is 23.7. The molecule has 5 N–H and O–H groups in total. The molecular weight excluding hydrogens is 270 g/mol. The van der Waals surface area contributed by atoms with Crippen LogP contribution in [0.1, 0.15) is 19.4 Å². The van der Waals surface area contributed by atoms with E-state index in [1.807, 2.05) is 0 Å². The first-order valence-electron chi connectivity index (χ1n) is 6.57. The second kappa shape index (κ2) is 7.56. The van der Waals surface area contributed by atoms with Crippen LogP contribution in [-0.2, 0) is 16.2 Å². The Bertz CT molecular complexity index is 525. The van der Waals surface area contributed by atoms with Crippen molar-refractivity contribution < 1.29 is 14.7 Å². The third-order valence-corrected chi connectivity index (χ3v) is 2.97. The molecule has 0 aliphatic carbocycles. The number of nitrogens with two attached hydrogens (primary N) is 1. The average Bonchev–Trinajstić information content (AvgIpc) is 2.46. The van der Waals surface area contributed by atoms with E-state index in [1.165, 1.54) is 0 Å². The Labute approximate surface area is 124 Å². The molecule has 0 heterocycles. The third kappa shape index (κ3) is 5.02. The van der Waals surface area contributed by atoms with Crippen molar-refractivity contribution in [1.29, 1.82) is 0 Å². The molecule has 0 aromatic heterocycles. The van der Waals surface area contributed by atoms with E-state index in [-0.39, 0.29) is 12.5 Å². The lowest BCUT2D eigenvalue weighted by Crippen LogP contribution is -2.48. The van der Waals surface area contributed by atoms with Crippen molar-refractivity contribution in [2.24, 2.45) is 5.73 Å². The molecule has 0 radical (unpaired) electrons. The maximum absolute atomic E-state index is 12.0. The number of anilines is 1. The lowest BCUT2D eigenvalue weighted by Gasteiger charge is -2.17. The minimum absolute atomic E-state index is 0.0561. The van der Waals surface area contributed by atoms with Crippen LogP contribution < -0.4 is 16.4 Å². The molecule has 2 atom stereocenters. The third-order valence-electron chi connectivity index (χ3n) is 2.97. The van der Waals surface area contributed by atoms with E-state index in [0.717, 1.165) is 5.56 Å². The highest BCUT2D eigenvalue weighted by molar-refractivity contribution is 5.97. The molecule has 21 heavy (non-hydrogen) atoms. The van der Waals surface area contributed by atoms with Gasteiger partial charge < -0.3 is 21.5 Å². The van der Waals surface area contributed by atoms with Gasteiger partial charge in [0.2, 0.25) is 11.8 Å². The van der Waals surface area contributed by atoms with Crippen LogP contribution in [-0.4, -0.2) is 29.0 Å². The zero-order chi connectivity index (χ0) is 16.0. The Morgan fingerprint density at radius 3 is 2.33 bits per heavy atom. The van der Waals surface area contributed by atoms with Gasteiger partial charge in [-0.25, -0.2) is 0 Å². The fourth-order valence-electron chi connectivity index (χ4n) is 1.54. The van der Waals surface area contributed by atoms with Gasteiger partial charge in [0.15, 0.2) is 0 Å². The summed E-state index contributed by atoms with van der Waals surface area (Å²) in [6.45, 7) is 6.77. The van der Waals surface area contributed by atoms with Gasteiger partial charge in [0.25, 0.3) is 0 Å².